The number of nitrogens with two attached hydrogens (primary N) is 1. The van der Waals surface area contributed by atoms with Gasteiger partial charge in [0, 0.05) is 24.8 Å². The highest BCUT2D eigenvalue weighted by molar-refractivity contribution is 6.06. The molecule has 0 saturated carbocycles. The van der Waals surface area contributed by atoms with Gasteiger partial charge in [-0.2, -0.15) is 4.99 Å². The van der Waals surface area contributed by atoms with E-state index in [1.54, 1.807) is 0 Å². The highest BCUT2D eigenvalue weighted by atomic mass is 16.5. The second kappa shape index (κ2) is 8.65. The zero-order chi connectivity index (χ0) is 21.1. The van der Waals surface area contributed by atoms with E-state index >= 15 is 0 Å². The lowest BCUT2D eigenvalue weighted by atomic mass is 10.1. The molecule has 0 spiro atoms. The Kier molecular flexibility index (Phi) is 5.79. The van der Waals surface area contributed by atoms with Gasteiger partial charge >= 0.3 is 0 Å². The van der Waals surface area contributed by atoms with Gasteiger partial charge in [0.05, 0.1) is 12.3 Å². The van der Waals surface area contributed by atoms with Crippen LogP contribution in [0.15, 0.2) is 52.4 Å². The molecular formula is C23H30N6O. The van der Waals surface area contributed by atoms with Crippen LogP contribution in [0.5, 0.6) is 5.75 Å². The fourth-order valence-electron chi connectivity index (χ4n) is 3.84. The van der Waals surface area contributed by atoms with Crippen LogP contribution >= 0.6 is 0 Å². The van der Waals surface area contributed by atoms with E-state index in [-0.39, 0.29) is 5.96 Å². The lowest BCUT2D eigenvalue weighted by Gasteiger charge is -2.38. The number of guanidine groups is 2. The van der Waals surface area contributed by atoms with Crippen LogP contribution in [0.4, 0.5) is 11.4 Å². The van der Waals surface area contributed by atoms with Gasteiger partial charge in [0.25, 0.3) is 0 Å². The first-order valence-corrected chi connectivity index (χ1v) is 10.6. The van der Waals surface area contributed by atoms with E-state index < -0.39 is 6.29 Å². The molecule has 1 fully saturated rings. The Balaban J connectivity index is 1.73. The number of nitrogens with one attached hydrogen (secondary N) is 1. The zero-order valence-electron chi connectivity index (χ0n) is 17.9. The summed E-state index contributed by atoms with van der Waals surface area (Å²) >= 11 is 0. The predicted molar refractivity (Wildman–Crippen MR) is 123 cm³/mol. The van der Waals surface area contributed by atoms with Gasteiger partial charge in [-0.25, -0.2) is 4.99 Å². The van der Waals surface area contributed by atoms with Crippen LogP contribution in [-0.4, -0.2) is 42.8 Å². The minimum Gasteiger partial charge on any atom is -0.494 e. The van der Waals surface area contributed by atoms with Crippen molar-refractivity contribution < 1.29 is 4.74 Å². The van der Waals surface area contributed by atoms with Crippen LogP contribution in [0.3, 0.4) is 0 Å². The van der Waals surface area contributed by atoms with Crippen molar-refractivity contribution in [3.05, 3.63) is 53.6 Å². The van der Waals surface area contributed by atoms with Gasteiger partial charge in [-0.3, -0.25) is 4.90 Å². The highest BCUT2D eigenvalue weighted by Gasteiger charge is 2.32. The number of anilines is 2. The number of aliphatic imine (C=N–C) groups is 2. The van der Waals surface area contributed by atoms with Gasteiger partial charge in [-0.05, 0) is 69.0 Å². The summed E-state index contributed by atoms with van der Waals surface area (Å²) < 4.78 is 5.74. The van der Waals surface area contributed by atoms with Gasteiger partial charge in [0.2, 0.25) is 18.2 Å². The van der Waals surface area contributed by atoms with Crippen molar-refractivity contribution in [2.75, 3.05) is 29.9 Å². The molecule has 2 aliphatic rings. The van der Waals surface area contributed by atoms with Crippen molar-refractivity contribution >= 4 is 23.3 Å². The van der Waals surface area contributed by atoms with Gasteiger partial charge in [-0.1, -0.05) is 12.1 Å². The third-order valence-corrected chi connectivity index (χ3v) is 5.53. The molecule has 1 unspecified atom stereocenters. The molecule has 0 radical (unpaired) electrons. The second-order valence-electron chi connectivity index (χ2n) is 7.71. The van der Waals surface area contributed by atoms with Crippen LogP contribution in [-0.2, 0) is 0 Å². The van der Waals surface area contributed by atoms with E-state index in [9.17, 15) is 0 Å². The Hall–Kier alpha value is -3.22. The molecule has 7 nitrogen and oxygen atoms in total. The number of nitrogens with zero attached hydrogens (tertiary/aromatic N) is 4. The standard InChI is InChI=1S/C23H30N6O/c1-4-30-20-9-7-8-19(15-20)29-22(25-18-11-10-16(2)17(3)14-18)26-21(24)27-23(29)28-12-5-6-13-28/h7-11,14-15,22,25H,4-6,12-13H2,1-3H3,(H2,24,26). The summed E-state index contributed by atoms with van der Waals surface area (Å²) in [5.41, 5.74) is 10.6. The quantitative estimate of drug-likeness (QED) is 0.792. The maximum atomic E-state index is 6.15. The Bertz CT molecular complexity index is 964. The molecule has 1 saturated heterocycles. The van der Waals surface area contributed by atoms with E-state index in [0.717, 1.165) is 49.0 Å². The van der Waals surface area contributed by atoms with E-state index in [1.807, 2.05) is 25.1 Å². The fourth-order valence-corrected chi connectivity index (χ4v) is 3.84. The van der Waals surface area contributed by atoms with E-state index in [0.29, 0.717) is 6.61 Å². The average Bonchev–Trinajstić information content (AvgIpc) is 3.26. The summed E-state index contributed by atoms with van der Waals surface area (Å²) in [6.07, 6.45) is 1.90. The number of rotatable bonds is 5. The maximum Gasteiger partial charge on any atom is 0.222 e. The lowest BCUT2D eigenvalue weighted by Crippen LogP contribution is -2.54. The van der Waals surface area contributed by atoms with Crippen LogP contribution in [0, 0.1) is 13.8 Å². The van der Waals surface area contributed by atoms with E-state index in [1.165, 1.54) is 11.1 Å². The Morgan fingerprint density at radius 1 is 1.10 bits per heavy atom. The number of benzene rings is 2. The van der Waals surface area contributed by atoms with Crippen molar-refractivity contribution in [2.45, 2.75) is 39.9 Å². The van der Waals surface area contributed by atoms with Crippen molar-refractivity contribution in [1.82, 2.24) is 4.90 Å². The minimum atomic E-state index is -0.405. The molecule has 158 valence electrons. The monoisotopic (exact) mass is 406 g/mol. The summed E-state index contributed by atoms with van der Waals surface area (Å²) in [7, 11) is 0. The first-order valence-electron chi connectivity index (χ1n) is 10.6. The lowest BCUT2D eigenvalue weighted by molar-refractivity contribution is 0.340. The SMILES string of the molecule is CCOc1cccc(N2C(N3CCCC3)=NC(N)=NC2Nc2ccc(C)c(C)c2)c1. The summed E-state index contributed by atoms with van der Waals surface area (Å²) in [4.78, 5) is 13.7. The zero-order valence-corrected chi connectivity index (χ0v) is 17.9. The van der Waals surface area contributed by atoms with Gasteiger partial charge < -0.3 is 20.7 Å². The Labute approximate surface area is 178 Å². The molecule has 7 heteroatoms. The van der Waals surface area contributed by atoms with Crippen molar-refractivity contribution in [3.8, 4) is 5.75 Å². The number of hydrogen-bond donors (Lipinski definition) is 2. The number of ether oxygens (including phenoxy) is 1. The number of hydrogen-bond acceptors (Lipinski definition) is 7. The van der Waals surface area contributed by atoms with Gasteiger partial charge in [0.15, 0.2) is 0 Å². The predicted octanol–water partition coefficient (Wildman–Crippen LogP) is 3.68. The molecule has 0 bridgehead atoms. The number of aryl methyl sites for hydroxylation is 2. The maximum absolute atomic E-state index is 6.15. The molecule has 1 atom stereocenters. The largest absolute Gasteiger partial charge is 0.494 e. The summed E-state index contributed by atoms with van der Waals surface area (Å²) in [5.74, 6) is 1.94. The van der Waals surface area contributed by atoms with Crippen molar-refractivity contribution in [1.29, 1.82) is 0 Å². The summed E-state index contributed by atoms with van der Waals surface area (Å²) in [6.45, 7) is 8.75. The molecule has 2 aromatic rings. The third-order valence-electron chi connectivity index (χ3n) is 5.53. The normalized spacial score (nSPS) is 18.8. The fraction of sp³-hybridized carbons (Fsp3) is 0.391. The first kappa shape index (κ1) is 20.1. The minimum absolute atomic E-state index is 0.287. The smallest absolute Gasteiger partial charge is 0.222 e. The Morgan fingerprint density at radius 2 is 1.90 bits per heavy atom. The average molecular weight is 407 g/mol. The molecule has 4 rings (SSSR count). The molecule has 2 aliphatic heterocycles. The molecule has 30 heavy (non-hydrogen) atoms. The highest BCUT2D eigenvalue weighted by Crippen LogP contribution is 2.28. The topological polar surface area (TPSA) is 78.5 Å². The Morgan fingerprint density at radius 3 is 2.63 bits per heavy atom. The third kappa shape index (κ3) is 4.20. The molecule has 0 aliphatic carbocycles. The van der Waals surface area contributed by atoms with E-state index in [4.69, 9.17) is 10.5 Å². The van der Waals surface area contributed by atoms with Gasteiger partial charge in [-0.15, -0.1) is 0 Å². The summed E-state index contributed by atoms with van der Waals surface area (Å²) in [6, 6.07) is 14.4. The van der Waals surface area contributed by atoms with Gasteiger partial charge in [0.1, 0.15) is 5.75 Å². The molecule has 0 aromatic heterocycles. The molecular weight excluding hydrogens is 376 g/mol. The van der Waals surface area contributed by atoms with Crippen molar-refractivity contribution in [2.24, 2.45) is 15.7 Å². The summed E-state index contributed by atoms with van der Waals surface area (Å²) in [5, 5.41) is 3.54. The van der Waals surface area contributed by atoms with Crippen LogP contribution in [0.2, 0.25) is 0 Å². The molecule has 2 aromatic carbocycles. The van der Waals surface area contributed by atoms with E-state index in [2.05, 4.69) is 63.2 Å². The molecule has 2 heterocycles. The van der Waals surface area contributed by atoms with Crippen molar-refractivity contribution in [3.63, 3.8) is 0 Å². The van der Waals surface area contributed by atoms with Crippen LogP contribution < -0.4 is 20.7 Å². The molecule has 3 N–H and O–H groups in total. The second-order valence-corrected chi connectivity index (χ2v) is 7.71. The van der Waals surface area contributed by atoms with Crippen LogP contribution in [0.1, 0.15) is 30.9 Å². The number of likely N-dealkylation sites (tertiary alicyclic amines) is 1. The first-order chi connectivity index (χ1) is 14.5. The molecule has 0 amide bonds. The van der Waals surface area contributed by atoms with Crippen LogP contribution in [0.25, 0.3) is 0 Å².